The highest BCUT2D eigenvalue weighted by Crippen LogP contribution is 2.16. The minimum atomic E-state index is 0.0705. The van der Waals surface area contributed by atoms with Crippen molar-refractivity contribution in [3.8, 4) is 11.8 Å². The van der Waals surface area contributed by atoms with Crippen molar-refractivity contribution in [3.63, 3.8) is 0 Å². The van der Waals surface area contributed by atoms with Gasteiger partial charge in [0.15, 0.2) is 0 Å². The van der Waals surface area contributed by atoms with Gasteiger partial charge in [-0.25, -0.2) is 9.97 Å². The van der Waals surface area contributed by atoms with Crippen molar-refractivity contribution in [2.45, 2.75) is 32.2 Å². The number of hydrogen-bond donors (Lipinski definition) is 0. The summed E-state index contributed by atoms with van der Waals surface area (Å²) >= 11 is 0. The summed E-state index contributed by atoms with van der Waals surface area (Å²) in [4.78, 5) is 21.6. The number of aryl methyl sites for hydroxylation is 1. The molecule has 4 rings (SSSR count). The zero-order valence-electron chi connectivity index (χ0n) is 13.3. The maximum atomic E-state index is 12.7. The van der Waals surface area contributed by atoms with Crippen LogP contribution in [-0.4, -0.2) is 14.5 Å². The van der Waals surface area contributed by atoms with Crippen molar-refractivity contribution in [1.29, 1.82) is 0 Å². The van der Waals surface area contributed by atoms with Gasteiger partial charge in [-0.05, 0) is 49.1 Å². The van der Waals surface area contributed by atoms with E-state index >= 15 is 0 Å². The van der Waals surface area contributed by atoms with E-state index in [2.05, 4.69) is 16.8 Å². The van der Waals surface area contributed by atoms with Gasteiger partial charge in [0.25, 0.3) is 5.56 Å². The molecule has 4 heteroatoms. The van der Waals surface area contributed by atoms with Crippen LogP contribution in [0.1, 0.15) is 36.3 Å². The number of hydrogen-bond acceptors (Lipinski definition) is 3. The van der Waals surface area contributed by atoms with E-state index in [4.69, 9.17) is 4.98 Å². The SMILES string of the molecule is O=c1c2ccc(C#Cc3ccccn3)cc2nc2n1CCCCC2. The molecule has 0 saturated heterocycles. The van der Waals surface area contributed by atoms with Gasteiger partial charge in [-0.3, -0.25) is 9.36 Å². The summed E-state index contributed by atoms with van der Waals surface area (Å²) < 4.78 is 1.84. The van der Waals surface area contributed by atoms with E-state index in [-0.39, 0.29) is 5.56 Å². The summed E-state index contributed by atoms with van der Waals surface area (Å²) in [6.45, 7) is 0.776. The third-order valence-corrected chi connectivity index (χ3v) is 4.32. The second-order valence-electron chi connectivity index (χ2n) is 5.99. The van der Waals surface area contributed by atoms with E-state index in [9.17, 15) is 4.79 Å². The lowest BCUT2D eigenvalue weighted by Gasteiger charge is -2.10. The van der Waals surface area contributed by atoms with Crippen LogP contribution in [0.15, 0.2) is 47.4 Å². The first-order valence-corrected chi connectivity index (χ1v) is 8.28. The van der Waals surface area contributed by atoms with Crippen molar-refractivity contribution in [1.82, 2.24) is 14.5 Å². The van der Waals surface area contributed by atoms with Crippen LogP contribution in [0.3, 0.4) is 0 Å². The molecule has 2 aromatic heterocycles. The van der Waals surface area contributed by atoms with E-state index in [0.29, 0.717) is 5.39 Å². The Labute approximate surface area is 140 Å². The van der Waals surface area contributed by atoms with Gasteiger partial charge in [-0.1, -0.05) is 18.4 Å². The average molecular weight is 315 g/mol. The van der Waals surface area contributed by atoms with Crippen LogP contribution in [0.4, 0.5) is 0 Å². The summed E-state index contributed by atoms with van der Waals surface area (Å²) in [6.07, 6.45) is 5.89. The second-order valence-corrected chi connectivity index (χ2v) is 5.99. The van der Waals surface area contributed by atoms with E-state index < -0.39 is 0 Å². The van der Waals surface area contributed by atoms with Crippen LogP contribution < -0.4 is 5.56 Å². The molecule has 0 N–H and O–H groups in total. The van der Waals surface area contributed by atoms with Crippen LogP contribution >= 0.6 is 0 Å². The molecule has 0 radical (unpaired) electrons. The summed E-state index contributed by atoms with van der Waals surface area (Å²) in [5.74, 6) is 7.05. The van der Waals surface area contributed by atoms with Crippen LogP contribution in [0.25, 0.3) is 10.9 Å². The fraction of sp³-hybridized carbons (Fsp3) is 0.250. The molecule has 0 aliphatic carbocycles. The van der Waals surface area contributed by atoms with Crippen molar-refractivity contribution >= 4 is 10.9 Å². The molecule has 4 nitrogen and oxygen atoms in total. The molecule has 0 spiro atoms. The number of benzene rings is 1. The minimum Gasteiger partial charge on any atom is -0.296 e. The highest BCUT2D eigenvalue weighted by atomic mass is 16.1. The molecule has 118 valence electrons. The number of aromatic nitrogens is 3. The standard InChI is InChI=1S/C20H17N3O/c24-20-17-11-9-15(8-10-16-6-3-4-12-21-16)14-18(17)22-19-7-2-1-5-13-23(19)20/h3-4,6,9,11-12,14H,1-2,5,7,13H2. The number of pyridine rings is 1. The van der Waals surface area contributed by atoms with Gasteiger partial charge >= 0.3 is 0 Å². The quantitative estimate of drug-likeness (QED) is 0.599. The molecular formula is C20H17N3O. The smallest absolute Gasteiger partial charge is 0.261 e. The Balaban J connectivity index is 1.79. The Kier molecular flexibility index (Phi) is 3.84. The Bertz CT molecular complexity index is 1010. The molecule has 24 heavy (non-hydrogen) atoms. The van der Waals surface area contributed by atoms with Gasteiger partial charge < -0.3 is 0 Å². The molecule has 0 bridgehead atoms. The maximum Gasteiger partial charge on any atom is 0.261 e. The van der Waals surface area contributed by atoms with Gasteiger partial charge in [-0.2, -0.15) is 0 Å². The second kappa shape index (κ2) is 6.29. The Hall–Kier alpha value is -2.93. The van der Waals surface area contributed by atoms with Crippen LogP contribution in [0.2, 0.25) is 0 Å². The molecular weight excluding hydrogens is 298 g/mol. The van der Waals surface area contributed by atoms with E-state index in [1.54, 1.807) is 6.20 Å². The molecule has 3 heterocycles. The van der Waals surface area contributed by atoms with Crippen molar-refractivity contribution in [2.75, 3.05) is 0 Å². The fourth-order valence-corrected chi connectivity index (χ4v) is 3.07. The third kappa shape index (κ3) is 2.81. The molecule has 1 aromatic carbocycles. The first-order valence-electron chi connectivity index (χ1n) is 8.28. The van der Waals surface area contributed by atoms with Crippen molar-refractivity contribution in [3.05, 3.63) is 70.0 Å². The van der Waals surface area contributed by atoms with Crippen molar-refractivity contribution in [2.24, 2.45) is 0 Å². The van der Waals surface area contributed by atoms with E-state index in [1.165, 1.54) is 0 Å². The Morgan fingerprint density at radius 2 is 2.00 bits per heavy atom. The van der Waals surface area contributed by atoms with Gasteiger partial charge in [-0.15, -0.1) is 0 Å². The maximum absolute atomic E-state index is 12.7. The largest absolute Gasteiger partial charge is 0.296 e. The van der Waals surface area contributed by atoms with Gasteiger partial charge in [0.2, 0.25) is 0 Å². The lowest BCUT2D eigenvalue weighted by Crippen LogP contribution is -2.24. The zero-order valence-corrected chi connectivity index (χ0v) is 13.3. The highest BCUT2D eigenvalue weighted by molar-refractivity contribution is 5.79. The lowest BCUT2D eigenvalue weighted by molar-refractivity contribution is 0.614. The van der Waals surface area contributed by atoms with E-state index in [1.807, 2.05) is 41.0 Å². The molecule has 0 amide bonds. The summed E-state index contributed by atoms with van der Waals surface area (Å²) in [6, 6.07) is 11.3. The van der Waals surface area contributed by atoms with Crippen molar-refractivity contribution < 1.29 is 0 Å². The summed E-state index contributed by atoms with van der Waals surface area (Å²) in [7, 11) is 0. The van der Waals surface area contributed by atoms with Gasteiger partial charge in [0.1, 0.15) is 11.5 Å². The minimum absolute atomic E-state index is 0.0705. The van der Waals surface area contributed by atoms with Crippen LogP contribution in [0, 0.1) is 11.8 Å². The highest BCUT2D eigenvalue weighted by Gasteiger charge is 2.13. The fourth-order valence-electron chi connectivity index (χ4n) is 3.07. The molecule has 0 unspecified atom stereocenters. The predicted octanol–water partition coefficient (Wildman–Crippen LogP) is 2.92. The Morgan fingerprint density at radius 3 is 2.88 bits per heavy atom. The normalized spacial score (nSPS) is 13.7. The average Bonchev–Trinajstić information content (AvgIpc) is 2.86. The van der Waals surface area contributed by atoms with Gasteiger partial charge in [0.05, 0.1) is 10.9 Å². The third-order valence-electron chi connectivity index (χ3n) is 4.32. The number of rotatable bonds is 0. The molecule has 1 aliphatic heterocycles. The number of nitrogens with zero attached hydrogens (tertiary/aromatic N) is 3. The molecule has 3 aromatic rings. The first-order chi connectivity index (χ1) is 11.8. The topological polar surface area (TPSA) is 47.8 Å². The zero-order chi connectivity index (χ0) is 16.4. The number of fused-ring (bicyclic) bond motifs is 2. The monoisotopic (exact) mass is 315 g/mol. The lowest BCUT2D eigenvalue weighted by atomic mass is 10.1. The summed E-state index contributed by atoms with van der Waals surface area (Å²) in [5, 5.41) is 0.670. The first kappa shape index (κ1) is 14.6. The molecule has 0 fully saturated rings. The molecule has 0 saturated carbocycles. The van der Waals surface area contributed by atoms with Crippen LogP contribution in [0.5, 0.6) is 0 Å². The predicted molar refractivity (Wildman–Crippen MR) is 93.8 cm³/mol. The van der Waals surface area contributed by atoms with Gasteiger partial charge in [0, 0.05) is 24.7 Å². The van der Waals surface area contributed by atoms with Crippen LogP contribution in [-0.2, 0) is 13.0 Å². The van der Waals surface area contributed by atoms with E-state index in [0.717, 1.165) is 54.8 Å². The Morgan fingerprint density at radius 1 is 1.04 bits per heavy atom. The molecule has 1 aliphatic rings. The molecule has 0 atom stereocenters. The summed E-state index contributed by atoms with van der Waals surface area (Å²) in [5.41, 5.74) is 2.38.